The first-order valence-electron chi connectivity index (χ1n) is 10.7. The number of aryl methyl sites for hydroxylation is 1. The van der Waals surface area contributed by atoms with E-state index >= 15 is 0 Å². The number of nitrogens with zero attached hydrogens (tertiary/aromatic N) is 1. The number of benzene rings is 1. The smallest absolute Gasteiger partial charge is 0.475 e. The molecule has 2 aromatic rings. The first-order chi connectivity index (χ1) is 15.8. The summed E-state index contributed by atoms with van der Waals surface area (Å²) in [7, 11) is 0. The number of carboxylic acids is 1. The lowest BCUT2D eigenvalue weighted by Crippen LogP contribution is -2.21. The molecule has 13 heteroatoms. The van der Waals surface area contributed by atoms with Gasteiger partial charge in [-0.3, -0.25) is 0 Å². The number of aromatic amines is 1. The summed E-state index contributed by atoms with van der Waals surface area (Å²) < 4.78 is 36.5. The zero-order valence-electron chi connectivity index (χ0n) is 18.8. The molecule has 0 aliphatic rings. The first kappa shape index (κ1) is 30.2. The number of aromatic nitrogens is 2. The molecule has 0 saturated carbocycles. The van der Waals surface area contributed by atoms with Gasteiger partial charge in [-0.25, -0.2) is 9.78 Å². The highest BCUT2D eigenvalue weighted by atomic mass is 32.5. The quantitative estimate of drug-likeness (QED) is 0.196. The molecule has 0 bridgehead atoms. The number of H-pyrrole nitrogens is 1. The lowest BCUT2D eigenvalue weighted by molar-refractivity contribution is -0.192. The molecule has 8 nitrogen and oxygen atoms in total. The second-order valence-corrected chi connectivity index (χ2v) is 10.3. The van der Waals surface area contributed by atoms with Gasteiger partial charge in [0, 0.05) is 0 Å². The van der Waals surface area contributed by atoms with Crippen LogP contribution in [0.25, 0.3) is 11.3 Å². The second kappa shape index (κ2) is 14.6. The summed E-state index contributed by atoms with van der Waals surface area (Å²) >= 11 is 4.42. The molecule has 2 rings (SSSR count). The minimum atomic E-state index is -5.08. The van der Waals surface area contributed by atoms with Crippen molar-refractivity contribution in [2.75, 3.05) is 6.61 Å². The van der Waals surface area contributed by atoms with Crippen LogP contribution in [0, 0.1) is 0 Å². The fourth-order valence-corrected chi connectivity index (χ4v) is 3.43. The molecule has 6 N–H and O–H groups in total. The average Bonchev–Trinajstić information content (AvgIpc) is 3.24. The summed E-state index contributed by atoms with van der Waals surface area (Å²) in [5.41, 5.74) is 9.18. The van der Waals surface area contributed by atoms with Gasteiger partial charge in [0.1, 0.15) is 5.82 Å². The van der Waals surface area contributed by atoms with E-state index < -0.39 is 24.9 Å². The number of alkyl halides is 3. The number of hydrogen-bond donors (Lipinski definition) is 5. The third-order valence-corrected chi connectivity index (χ3v) is 5.50. The van der Waals surface area contributed by atoms with Gasteiger partial charge < -0.3 is 30.1 Å². The van der Waals surface area contributed by atoms with Crippen molar-refractivity contribution >= 4 is 24.5 Å². The van der Waals surface area contributed by atoms with Crippen LogP contribution in [0.3, 0.4) is 0 Å². The third kappa shape index (κ3) is 12.6. The SMILES string of the molecule is CCCCCCCCc1ccc(-c2cnc([C@@H](N)COP(O)(O)=S)[nH]2)cc1.O=C(O)C(F)(F)F. The van der Waals surface area contributed by atoms with Crippen molar-refractivity contribution in [3.63, 3.8) is 0 Å². The Bertz CT molecular complexity index is 919. The Morgan fingerprint density at radius 3 is 2.26 bits per heavy atom. The van der Waals surface area contributed by atoms with Crippen LogP contribution in [0.4, 0.5) is 13.2 Å². The van der Waals surface area contributed by atoms with Crippen molar-refractivity contribution in [1.82, 2.24) is 9.97 Å². The van der Waals surface area contributed by atoms with Crippen LogP contribution < -0.4 is 5.73 Å². The van der Waals surface area contributed by atoms with Gasteiger partial charge in [-0.2, -0.15) is 13.2 Å². The fraction of sp³-hybridized carbons (Fsp3) is 0.524. The van der Waals surface area contributed by atoms with Crippen molar-refractivity contribution in [3.8, 4) is 11.3 Å². The number of nitrogens with two attached hydrogens (primary N) is 1. The van der Waals surface area contributed by atoms with Crippen LogP contribution in [-0.2, 0) is 27.5 Å². The normalized spacial score (nSPS) is 12.7. The van der Waals surface area contributed by atoms with Crippen molar-refractivity contribution in [3.05, 3.63) is 41.9 Å². The molecule has 1 aromatic heterocycles. The number of imidazole rings is 1. The van der Waals surface area contributed by atoms with E-state index in [0.29, 0.717) is 5.82 Å². The van der Waals surface area contributed by atoms with Gasteiger partial charge >= 0.3 is 18.9 Å². The highest BCUT2D eigenvalue weighted by Crippen LogP contribution is 2.37. The molecule has 0 unspecified atom stereocenters. The van der Waals surface area contributed by atoms with E-state index in [-0.39, 0.29) is 6.61 Å². The molecule has 1 atom stereocenters. The number of rotatable bonds is 12. The molecule has 0 saturated heterocycles. The van der Waals surface area contributed by atoms with E-state index in [2.05, 4.69) is 53.0 Å². The van der Waals surface area contributed by atoms with Gasteiger partial charge in [0.25, 0.3) is 0 Å². The average molecular weight is 526 g/mol. The minimum Gasteiger partial charge on any atom is -0.475 e. The van der Waals surface area contributed by atoms with Crippen molar-refractivity contribution in [2.24, 2.45) is 5.73 Å². The van der Waals surface area contributed by atoms with Gasteiger partial charge in [0.2, 0.25) is 0 Å². The largest absolute Gasteiger partial charge is 0.490 e. The summed E-state index contributed by atoms with van der Waals surface area (Å²) in [6.45, 7) is -1.57. The molecule has 0 radical (unpaired) electrons. The molecule has 0 amide bonds. The summed E-state index contributed by atoms with van der Waals surface area (Å²) in [6, 6.07) is 7.85. The van der Waals surface area contributed by atoms with Crippen LogP contribution in [-0.4, -0.2) is 43.6 Å². The number of halogens is 3. The summed E-state index contributed by atoms with van der Waals surface area (Å²) in [5.74, 6) is -2.24. The van der Waals surface area contributed by atoms with E-state index in [1.165, 1.54) is 44.1 Å². The van der Waals surface area contributed by atoms with Crippen molar-refractivity contribution in [2.45, 2.75) is 64.1 Å². The maximum absolute atomic E-state index is 10.6. The van der Waals surface area contributed by atoms with Crippen LogP contribution in [0.5, 0.6) is 0 Å². The predicted octanol–water partition coefficient (Wildman–Crippen LogP) is 4.84. The van der Waals surface area contributed by atoms with Gasteiger partial charge in [-0.1, -0.05) is 63.3 Å². The van der Waals surface area contributed by atoms with Crippen LogP contribution in [0.15, 0.2) is 30.5 Å². The zero-order chi connectivity index (χ0) is 25.8. The number of aliphatic carboxylic acids is 1. The molecule has 1 heterocycles. The lowest BCUT2D eigenvalue weighted by Gasteiger charge is -2.12. The standard InChI is InChI=1S/C19H30N3O3PS.C2HF3O2/c1-2-3-4-5-6-7-8-15-9-11-16(12-10-15)18-13-21-19(22-18)17(20)14-25-26(23,24)27;3-2(4,5)1(6)7/h9-13,17H,2-8,14,20H2,1H3,(H,21,22)(H2,23,24,27);(H,6,7)/t17-;/m0./s1. The molecule has 0 spiro atoms. The molecule has 0 aliphatic carbocycles. The zero-order valence-corrected chi connectivity index (χ0v) is 20.5. The molecular formula is C21H31F3N3O5PS. The van der Waals surface area contributed by atoms with Gasteiger partial charge in [0.15, 0.2) is 0 Å². The van der Waals surface area contributed by atoms with Crippen LogP contribution in [0.2, 0.25) is 0 Å². The Balaban J connectivity index is 0.000000718. The van der Waals surface area contributed by atoms with E-state index in [4.69, 9.17) is 29.9 Å². The Hall–Kier alpha value is -1.82. The lowest BCUT2D eigenvalue weighted by atomic mass is 10.0. The third-order valence-electron chi connectivity index (χ3n) is 4.70. The van der Waals surface area contributed by atoms with Gasteiger partial charge in [-0.15, -0.1) is 0 Å². The molecule has 1 aromatic carbocycles. The number of hydrogen-bond acceptors (Lipinski definition) is 5. The number of carboxylic acid groups (broad SMARTS) is 1. The minimum absolute atomic E-state index is 0.103. The number of unbranched alkanes of at least 4 members (excludes halogenated alkanes) is 5. The van der Waals surface area contributed by atoms with Gasteiger partial charge in [-0.05, 0) is 35.8 Å². The molecule has 0 aliphatic heterocycles. The van der Waals surface area contributed by atoms with E-state index in [9.17, 15) is 13.2 Å². The topological polar surface area (TPSA) is 142 Å². The predicted molar refractivity (Wildman–Crippen MR) is 126 cm³/mol. The number of carbonyl (C=O) groups is 1. The Morgan fingerprint density at radius 2 is 1.74 bits per heavy atom. The van der Waals surface area contributed by atoms with Gasteiger partial charge in [0.05, 0.1) is 24.5 Å². The van der Waals surface area contributed by atoms with Crippen LogP contribution >= 0.6 is 6.72 Å². The molecule has 192 valence electrons. The highest BCUT2D eigenvalue weighted by molar-refractivity contribution is 8.06. The van der Waals surface area contributed by atoms with Crippen molar-refractivity contribution in [1.29, 1.82) is 0 Å². The maximum Gasteiger partial charge on any atom is 0.490 e. The van der Waals surface area contributed by atoms with E-state index in [1.807, 2.05) is 0 Å². The Labute approximate surface area is 201 Å². The summed E-state index contributed by atoms with van der Waals surface area (Å²) in [5, 5.41) is 7.12. The Kier molecular flexibility index (Phi) is 12.9. The maximum atomic E-state index is 10.6. The molecule has 34 heavy (non-hydrogen) atoms. The van der Waals surface area contributed by atoms with E-state index in [0.717, 1.165) is 17.7 Å². The monoisotopic (exact) mass is 525 g/mol. The van der Waals surface area contributed by atoms with E-state index in [1.54, 1.807) is 6.20 Å². The Morgan fingerprint density at radius 1 is 1.18 bits per heavy atom. The van der Waals surface area contributed by atoms with Crippen LogP contribution in [0.1, 0.15) is 62.9 Å². The fourth-order valence-electron chi connectivity index (χ4n) is 2.89. The number of nitrogens with one attached hydrogen (secondary N) is 1. The summed E-state index contributed by atoms with van der Waals surface area (Å²) in [4.78, 5) is 34.5. The molecular weight excluding hydrogens is 494 g/mol. The second-order valence-electron chi connectivity index (χ2n) is 7.59. The first-order valence-corrected chi connectivity index (χ1v) is 13.4. The highest BCUT2D eigenvalue weighted by Gasteiger charge is 2.38. The molecule has 0 fully saturated rings. The van der Waals surface area contributed by atoms with Crippen molar-refractivity contribution < 1.29 is 37.4 Å². The summed E-state index contributed by atoms with van der Waals surface area (Å²) in [6.07, 6.45) is 5.56.